The average molecular weight is 262 g/mol. The Bertz CT molecular complexity index is 423. The normalized spacial score (nSPS) is 12.3. The molecule has 0 saturated heterocycles. The predicted octanol–water partition coefficient (Wildman–Crippen LogP) is 3.02. The molecule has 1 aromatic carbocycles. The van der Waals surface area contributed by atoms with Gasteiger partial charge in [0, 0.05) is 12.6 Å². The molecule has 94 valence electrons. The third-order valence-electron chi connectivity index (χ3n) is 2.42. The number of hydrogen-bond donors (Lipinski definition) is 1. The minimum absolute atomic E-state index is 0.163. The van der Waals surface area contributed by atoms with Crippen LogP contribution in [0, 0.1) is 18.6 Å². The Kier molecular flexibility index (Phi) is 4.87. The molecule has 1 N–H and O–H groups in total. The molecule has 2 nitrogen and oxygen atoms in total. The second kappa shape index (κ2) is 5.96. The van der Waals surface area contributed by atoms with Gasteiger partial charge in [0.25, 0.3) is 5.91 Å². The van der Waals surface area contributed by atoms with Gasteiger partial charge >= 0.3 is 0 Å². The summed E-state index contributed by atoms with van der Waals surface area (Å²) in [5.74, 6) is -2.11. The molecule has 0 aliphatic rings. The number of carbonyl (C=O) groups excluding carboxylic acids is 1. The van der Waals surface area contributed by atoms with E-state index in [4.69, 9.17) is 11.6 Å². The first-order valence-corrected chi connectivity index (χ1v) is 5.77. The third kappa shape index (κ3) is 3.66. The summed E-state index contributed by atoms with van der Waals surface area (Å²) in [6.45, 7) is 3.61. The Morgan fingerprint density at radius 2 is 2.06 bits per heavy atom. The number of rotatable bonds is 4. The summed E-state index contributed by atoms with van der Waals surface area (Å²) in [5.41, 5.74) is 0.0679. The summed E-state index contributed by atoms with van der Waals surface area (Å²) in [7, 11) is 0. The lowest BCUT2D eigenvalue weighted by Gasteiger charge is -2.10. The van der Waals surface area contributed by atoms with Crippen LogP contribution in [0.1, 0.15) is 29.3 Å². The number of hydrogen-bond acceptors (Lipinski definition) is 1. The van der Waals surface area contributed by atoms with Gasteiger partial charge in [-0.2, -0.15) is 0 Å². The van der Waals surface area contributed by atoms with Gasteiger partial charge < -0.3 is 5.32 Å². The maximum atomic E-state index is 13.4. The first-order chi connectivity index (χ1) is 7.95. The van der Waals surface area contributed by atoms with Gasteiger partial charge in [0.1, 0.15) is 11.6 Å². The topological polar surface area (TPSA) is 29.1 Å². The van der Waals surface area contributed by atoms with Gasteiger partial charge in [-0.1, -0.05) is 6.92 Å². The minimum Gasteiger partial charge on any atom is -0.350 e. The molecule has 1 rings (SSSR count). The molecule has 0 heterocycles. The van der Waals surface area contributed by atoms with Crippen molar-refractivity contribution in [2.24, 2.45) is 0 Å². The van der Waals surface area contributed by atoms with Crippen LogP contribution in [0.4, 0.5) is 8.78 Å². The lowest BCUT2D eigenvalue weighted by Crippen LogP contribution is -2.30. The number of carbonyl (C=O) groups is 1. The summed E-state index contributed by atoms with van der Waals surface area (Å²) < 4.78 is 26.4. The zero-order valence-corrected chi connectivity index (χ0v) is 10.4. The van der Waals surface area contributed by atoms with E-state index in [9.17, 15) is 13.6 Å². The smallest absolute Gasteiger partial charge is 0.254 e. The van der Waals surface area contributed by atoms with Crippen LogP contribution in [0.3, 0.4) is 0 Å². The van der Waals surface area contributed by atoms with E-state index in [1.54, 1.807) is 0 Å². The molecular formula is C12H14ClF2NO. The van der Waals surface area contributed by atoms with E-state index in [1.165, 1.54) is 13.0 Å². The zero-order valence-electron chi connectivity index (χ0n) is 9.69. The van der Waals surface area contributed by atoms with E-state index in [2.05, 4.69) is 5.32 Å². The summed E-state index contributed by atoms with van der Waals surface area (Å²) >= 11 is 5.82. The van der Waals surface area contributed by atoms with Crippen molar-refractivity contribution >= 4 is 17.5 Å². The molecule has 1 amide bonds. The second-order valence-corrected chi connectivity index (χ2v) is 4.41. The highest BCUT2D eigenvalue weighted by Crippen LogP contribution is 2.14. The maximum Gasteiger partial charge on any atom is 0.254 e. The van der Waals surface area contributed by atoms with Gasteiger partial charge in [-0.15, -0.1) is 11.6 Å². The van der Waals surface area contributed by atoms with E-state index in [-0.39, 0.29) is 23.0 Å². The fourth-order valence-corrected chi connectivity index (χ4v) is 1.35. The van der Waals surface area contributed by atoms with Crippen molar-refractivity contribution in [1.29, 1.82) is 0 Å². The molecule has 1 aromatic rings. The van der Waals surface area contributed by atoms with Crippen LogP contribution < -0.4 is 5.32 Å². The maximum absolute atomic E-state index is 13.4. The van der Waals surface area contributed by atoms with Crippen LogP contribution in [0.25, 0.3) is 0 Å². The number of nitrogens with one attached hydrogen (secondary N) is 1. The molecular weight excluding hydrogens is 248 g/mol. The van der Waals surface area contributed by atoms with Crippen molar-refractivity contribution in [3.8, 4) is 0 Å². The van der Waals surface area contributed by atoms with Crippen molar-refractivity contribution in [1.82, 2.24) is 5.32 Å². The van der Waals surface area contributed by atoms with E-state index in [1.807, 2.05) is 6.92 Å². The standard InChI is InChI=1S/C12H14ClF2NO/c1-3-8(13)6-16-12(17)9-4-7(2)10(14)5-11(9)15/h4-5,8H,3,6H2,1-2H3,(H,16,17). The Balaban J connectivity index is 2.79. The molecule has 5 heteroatoms. The Morgan fingerprint density at radius 1 is 1.41 bits per heavy atom. The lowest BCUT2D eigenvalue weighted by atomic mass is 10.1. The first kappa shape index (κ1) is 13.9. The van der Waals surface area contributed by atoms with Crippen molar-refractivity contribution in [3.63, 3.8) is 0 Å². The molecule has 0 aromatic heterocycles. The summed E-state index contributed by atoms with van der Waals surface area (Å²) in [4.78, 5) is 11.6. The monoisotopic (exact) mass is 261 g/mol. The van der Waals surface area contributed by atoms with Gasteiger partial charge in [0.05, 0.1) is 10.9 Å². The quantitative estimate of drug-likeness (QED) is 0.830. The fourth-order valence-electron chi connectivity index (χ4n) is 1.27. The average Bonchev–Trinajstić information content (AvgIpc) is 2.30. The summed E-state index contributed by atoms with van der Waals surface area (Å²) in [6.07, 6.45) is 0.701. The van der Waals surface area contributed by atoms with E-state index < -0.39 is 17.5 Å². The highest BCUT2D eigenvalue weighted by atomic mass is 35.5. The molecule has 0 saturated carbocycles. The molecule has 17 heavy (non-hydrogen) atoms. The Morgan fingerprint density at radius 3 is 2.65 bits per heavy atom. The van der Waals surface area contributed by atoms with Gasteiger partial charge in [-0.25, -0.2) is 8.78 Å². The van der Waals surface area contributed by atoms with Crippen LogP contribution in [-0.2, 0) is 0 Å². The molecule has 0 aliphatic heterocycles. The Labute approximate surface area is 104 Å². The highest BCUT2D eigenvalue weighted by molar-refractivity contribution is 6.20. The van der Waals surface area contributed by atoms with Crippen molar-refractivity contribution in [3.05, 3.63) is 34.9 Å². The number of alkyl halides is 1. The van der Waals surface area contributed by atoms with E-state index in [0.717, 1.165) is 0 Å². The van der Waals surface area contributed by atoms with Crippen molar-refractivity contribution in [2.45, 2.75) is 25.6 Å². The molecule has 0 fully saturated rings. The van der Waals surface area contributed by atoms with Crippen LogP contribution in [0.2, 0.25) is 0 Å². The van der Waals surface area contributed by atoms with Crippen LogP contribution in [-0.4, -0.2) is 17.8 Å². The summed E-state index contributed by atoms with van der Waals surface area (Å²) in [6, 6.07) is 1.90. The number of amides is 1. The molecule has 0 aliphatic carbocycles. The van der Waals surface area contributed by atoms with Gasteiger partial charge in [-0.3, -0.25) is 4.79 Å². The lowest BCUT2D eigenvalue weighted by molar-refractivity contribution is 0.0949. The number of halogens is 3. The third-order valence-corrected chi connectivity index (χ3v) is 2.88. The summed E-state index contributed by atoms with van der Waals surface area (Å²) in [5, 5.41) is 2.31. The molecule has 1 atom stereocenters. The van der Waals surface area contributed by atoms with Gasteiger partial charge in [0.15, 0.2) is 0 Å². The Hall–Kier alpha value is -1.16. The zero-order chi connectivity index (χ0) is 13.0. The minimum atomic E-state index is -0.867. The van der Waals surface area contributed by atoms with Crippen LogP contribution in [0.15, 0.2) is 12.1 Å². The van der Waals surface area contributed by atoms with Gasteiger partial charge in [0.2, 0.25) is 0 Å². The second-order valence-electron chi connectivity index (χ2n) is 3.80. The highest BCUT2D eigenvalue weighted by Gasteiger charge is 2.15. The first-order valence-electron chi connectivity index (χ1n) is 5.33. The molecule has 1 unspecified atom stereocenters. The number of aryl methyl sites for hydroxylation is 1. The largest absolute Gasteiger partial charge is 0.350 e. The SMILES string of the molecule is CCC(Cl)CNC(=O)c1cc(C)c(F)cc1F. The molecule has 0 spiro atoms. The predicted molar refractivity (Wildman–Crippen MR) is 63.4 cm³/mol. The van der Waals surface area contributed by atoms with Crippen molar-refractivity contribution in [2.75, 3.05) is 6.54 Å². The molecule has 0 radical (unpaired) electrons. The van der Waals surface area contributed by atoms with Crippen LogP contribution in [0.5, 0.6) is 0 Å². The number of benzene rings is 1. The van der Waals surface area contributed by atoms with E-state index >= 15 is 0 Å². The fraction of sp³-hybridized carbons (Fsp3) is 0.417. The van der Waals surface area contributed by atoms with Crippen LogP contribution >= 0.6 is 11.6 Å². The molecule has 0 bridgehead atoms. The van der Waals surface area contributed by atoms with E-state index in [0.29, 0.717) is 12.5 Å². The van der Waals surface area contributed by atoms with Crippen molar-refractivity contribution < 1.29 is 13.6 Å². The van der Waals surface area contributed by atoms with Gasteiger partial charge in [-0.05, 0) is 25.0 Å².